The van der Waals surface area contributed by atoms with Crippen LogP contribution in [0, 0.1) is 0 Å². The highest BCUT2D eigenvalue weighted by Crippen LogP contribution is 2.25. The van der Waals surface area contributed by atoms with Gasteiger partial charge < -0.3 is 16.8 Å². The van der Waals surface area contributed by atoms with Gasteiger partial charge in [0, 0.05) is 31.9 Å². The molecule has 2 heterocycles. The number of nitrogen functional groups attached to an aromatic ring is 1. The van der Waals surface area contributed by atoms with Crippen molar-refractivity contribution in [2.24, 2.45) is 12.8 Å². The molecule has 0 unspecified atom stereocenters. The van der Waals surface area contributed by atoms with Gasteiger partial charge in [-0.15, -0.1) is 0 Å². The van der Waals surface area contributed by atoms with E-state index in [0.29, 0.717) is 11.5 Å². The third-order valence-corrected chi connectivity index (χ3v) is 3.37. The number of hydrogen-bond acceptors (Lipinski definition) is 6. The zero-order valence-corrected chi connectivity index (χ0v) is 10.7. The third kappa shape index (κ3) is 2.43. The van der Waals surface area contributed by atoms with Crippen LogP contribution in [0.1, 0.15) is 16.1 Å². The normalized spacial score (nSPS) is 10.5. The van der Waals surface area contributed by atoms with Crippen LogP contribution >= 0.6 is 11.5 Å². The van der Waals surface area contributed by atoms with Crippen LogP contribution < -0.4 is 16.8 Å². The van der Waals surface area contributed by atoms with Gasteiger partial charge in [-0.3, -0.25) is 9.48 Å². The minimum absolute atomic E-state index is 0.176. The SMILES string of the molecule is Cn1nccc1CCNc1snc(N)c1C(N)=O. The molecule has 8 heteroatoms. The number of nitrogens with zero attached hydrogens (tertiary/aromatic N) is 3. The summed E-state index contributed by atoms with van der Waals surface area (Å²) in [5, 5.41) is 7.81. The molecule has 2 aromatic rings. The van der Waals surface area contributed by atoms with Crippen LogP contribution in [0.4, 0.5) is 10.8 Å². The Morgan fingerprint density at radius 2 is 2.39 bits per heavy atom. The molecule has 0 bridgehead atoms. The zero-order valence-electron chi connectivity index (χ0n) is 9.88. The summed E-state index contributed by atoms with van der Waals surface area (Å²) in [5.74, 6) is -0.389. The van der Waals surface area contributed by atoms with E-state index in [1.807, 2.05) is 13.1 Å². The Balaban J connectivity index is 1.99. The Morgan fingerprint density at radius 1 is 1.61 bits per heavy atom. The van der Waals surface area contributed by atoms with Gasteiger partial charge in [0.15, 0.2) is 5.82 Å². The van der Waals surface area contributed by atoms with Crippen LogP contribution in [0.25, 0.3) is 0 Å². The molecule has 0 atom stereocenters. The van der Waals surface area contributed by atoms with Gasteiger partial charge in [-0.25, -0.2) is 0 Å². The number of nitrogens with two attached hydrogens (primary N) is 2. The van der Waals surface area contributed by atoms with Gasteiger partial charge in [-0.1, -0.05) is 0 Å². The van der Waals surface area contributed by atoms with E-state index in [1.54, 1.807) is 10.9 Å². The lowest BCUT2D eigenvalue weighted by molar-refractivity contribution is 0.100. The molecule has 0 saturated heterocycles. The van der Waals surface area contributed by atoms with Crippen LogP contribution in [0.2, 0.25) is 0 Å². The number of aromatic nitrogens is 3. The molecular weight excluding hydrogens is 252 g/mol. The molecule has 18 heavy (non-hydrogen) atoms. The van der Waals surface area contributed by atoms with E-state index in [4.69, 9.17) is 11.5 Å². The molecule has 2 rings (SSSR count). The maximum atomic E-state index is 11.2. The molecule has 0 aliphatic heterocycles. The fraction of sp³-hybridized carbons (Fsp3) is 0.300. The van der Waals surface area contributed by atoms with E-state index in [2.05, 4.69) is 14.8 Å². The van der Waals surface area contributed by atoms with Crippen molar-refractivity contribution in [1.29, 1.82) is 0 Å². The summed E-state index contributed by atoms with van der Waals surface area (Å²) in [7, 11) is 1.88. The Bertz CT molecular complexity index is 560. The fourth-order valence-electron chi connectivity index (χ4n) is 1.61. The van der Waals surface area contributed by atoms with Gasteiger partial charge in [0.1, 0.15) is 10.6 Å². The first kappa shape index (κ1) is 12.4. The molecule has 96 valence electrons. The second-order valence-electron chi connectivity index (χ2n) is 3.76. The number of nitrogens with one attached hydrogen (secondary N) is 1. The fourth-order valence-corrected chi connectivity index (χ4v) is 2.36. The summed E-state index contributed by atoms with van der Waals surface area (Å²) < 4.78 is 5.71. The summed E-state index contributed by atoms with van der Waals surface area (Å²) in [4.78, 5) is 11.2. The zero-order chi connectivity index (χ0) is 13.1. The summed E-state index contributed by atoms with van der Waals surface area (Å²) in [6.07, 6.45) is 2.53. The van der Waals surface area contributed by atoms with E-state index in [-0.39, 0.29) is 11.4 Å². The molecular formula is C10H14N6OS. The Labute approximate surface area is 108 Å². The monoisotopic (exact) mass is 266 g/mol. The largest absolute Gasteiger partial charge is 0.382 e. The summed E-state index contributed by atoms with van der Waals surface area (Å²) in [6.45, 7) is 0.654. The Kier molecular flexibility index (Phi) is 3.47. The maximum Gasteiger partial charge on any atom is 0.255 e. The van der Waals surface area contributed by atoms with Crippen molar-refractivity contribution in [3.05, 3.63) is 23.5 Å². The topological polar surface area (TPSA) is 112 Å². The number of rotatable bonds is 5. The molecule has 2 aromatic heterocycles. The van der Waals surface area contributed by atoms with E-state index < -0.39 is 5.91 Å². The van der Waals surface area contributed by atoms with Crippen molar-refractivity contribution in [3.8, 4) is 0 Å². The molecule has 0 aliphatic carbocycles. The van der Waals surface area contributed by atoms with Gasteiger partial charge in [0.25, 0.3) is 5.91 Å². The van der Waals surface area contributed by atoms with Crippen molar-refractivity contribution in [1.82, 2.24) is 14.2 Å². The van der Waals surface area contributed by atoms with E-state index in [1.165, 1.54) is 0 Å². The average Bonchev–Trinajstić information content (AvgIpc) is 2.86. The van der Waals surface area contributed by atoms with Crippen LogP contribution in [-0.2, 0) is 13.5 Å². The molecule has 0 aliphatic rings. The minimum atomic E-state index is -0.565. The van der Waals surface area contributed by atoms with Gasteiger partial charge >= 0.3 is 0 Å². The number of anilines is 2. The standard InChI is InChI=1S/C10H14N6OS/c1-16-6(3-5-14-16)2-4-13-10-7(9(12)17)8(11)15-18-10/h3,5,13H,2,4H2,1H3,(H2,11,15)(H2,12,17). The maximum absolute atomic E-state index is 11.2. The minimum Gasteiger partial charge on any atom is -0.382 e. The number of hydrogen-bond donors (Lipinski definition) is 3. The molecule has 0 radical (unpaired) electrons. The van der Waals surface area contributed by atoms with Gasteiger partial charge in [-0.2, -0.15) is 9.47 Å². The van der Waals surface area contributed by atoms with E-state index in [9.17, 15) is 4.79 Å². The number of carbonyl (C=O) groups excluding carboxylic acids is 1. The lowest BCUT2D eigenvalue weighted by atomic mass is 10.3. The van der Waals surface area contributed by atoms with Crippen molar-refractivity contribution in [3.63, 3.8) is 0 Å². The van der Waals surface area contributed by atoms with Gasteiger partial charge in [0.2, 0.25) is 0 Å². The van der Waals surface area contributed by atoms with E-state index in [0.717, 1.165) is 23.6 Å². The van der Waals surface area contributed by atoms with Crippen molar-refractivity contribution in [2.75, 3.05) is 17.6 Å². The number of primary amides is 1. The lowest BCUT2D eigenvalue weighted by Gasteiger charge is -2.05. The van der Waals surface area contributed by atoms with Crippen LogP contribution in [0.5, 0.6) is 0 Å². The van der Waals surface area contributed by atoms with Crippen molar-refractivity contribution >= 4 is 28.3 Å². The van der Waals surface area contributed by atoms with Gasteiger partial charge in [-0.05, 0) is 17.6 Å². The Morgan fingerprint density at radius 3 is 3.00 bits per heavy atom. The van der Waals surface area contributed by atoms with Crippen molar-refractivity contribution < 1.29 is 4.79 Å². The third-order valence-electron chi connectivity index (χ3n) is 2.55. The second-order valence-corrected chi connectivity index (χ2v) is 4.53. The first-order valence-electron chi connectivity index (χ1n) is 5.35. The molecule has 7 nitrogen and oxygen atoms in total. The average molecular weight is 266 g/mol. The van der Waals surface area contributed by atoms with Crippen molar-refractivity contribution in [2.45, 2.75) is 6.42 Å². The molecule has 0 aromatic carbocycles. The molecule has 1 amide bonds. The molecule has 0 saturated carbocycles. The highest BCUT2D eigenvalue weighted by molar-refractivity contribution is 7.11. The predicted octanol–water partition coefficient (Wildman–Crippen LogP) is 0.212. The predicted molar refractivity (Wildman–Crippen MR) is 70.4 cm³/mol. The summed E-state index contributed by atoms with van der Waals surface area (Å²) in [5.41, 5.74) is 12.2. The van der Waals surface area contributed by atoms with Crippen LogP contribution in [0.3, 0.4) is 0 Å². The van der Waals surface area contributed by atoms with Crippen LogP contribution in [0.15, 0.2) is 12.3 Å². The first-order valence-corrected chi connectivity index (χ1v) is 6.12. The highest BCUT2D eigenvalue weighted by Gasteiger charge is 2.16. The number of amides is 1. The summed E-state index contributed by atoms with van der Waals surface area (Å²) >= 11 is 1.14. The number of aryl methyl sites for hydroxylation is 1. The van der Waals surface area contributed by atoms with Gasteiger partial charge in [0.05, 0.1) is 0 Å². The molecule has 0 fully saturated rings. The van der Waals surface area contributed by atoms with E-state index >= 15 is 0 Å². The molecule has 5 N–H and O–H groups in total. The number of carbonyl (C=O) groups is 1. The smallest absolute Gasteiger partial charge is 0.255 e. The summed E-state index contributed by atoms with van der Waals surface area (Å²) in [6, 6.07) is 1.94. The molecule has 0 spiro atoms. The second kappa shape index (κ2) is 5.05. The quantitative estimate of drug-likeness (QED) is 0.716. The lowest BCUT2D eigenvalue weighted by Crippen LogP contribution is -2.15. The van der Waals surface area contributed by atoms with Crippen LogP contribution in [-0.4, -0.2) is 26.6 Å². The Hall–Kier alpha value is -2.09. The first-order chi connectivity index (χ1) is 8.59. The highest BCUT2D eigenvalue weighted by atomic mass is 32.1.